The molecule has 26 heavy (non-hydrogen) atoms. The quantitative estimate of drug-likeness (QED) is 0.438. The number of nitrogens with one attached hydrogen (secondary N) is 3. The van der Waals surface area contributed by atoms with Crippen molar-refractivity contribution in [2.45, 2.75) is 46.2 Å². The summed E-state index contributed by atoms with van der Waals surface area (Å²) in [5, 5.41) is 9.24. The molecule has 0 spiro atoms. The predicted octanol–water partition coefficient (Wildman–Crippen LogP) is 1.63. The van der Waals surface area contributed by atoms with Crippen LogP contribution in [0.25, 0.3) is 0 Å². The maximum atomic E-state index is 11.9. The van der Waals surface area contributed by atoms with Gasteiger partial charge in [-0.2, -0.15) is 0 Å². The summed E-state index contributed by atoms with van der Waals surface area (Å²) in [4.78, 5) is 18.5. The summed E-state index contributed by atoms with van der Waals surface area (Å²) < 4.78 is 0. The molecule has 0 saturated carbocycles. The van der Waals surface area contributed by atoms with Gasteiger partial charge in [-0.25, -0.2) is 0 Å². The van der Waals surface area contributed by atoms with Crippen LogP contribution < -0.4 is 16.0 Å². The van der Waals surface area contributed by atoms with E-state index in [1.54, 1.807) is 7.05 Å². The van der Waals surface area contributed by atoms with Gasteiger partial charge < -0.3 is 16.0 Å². The fraction of sp³-hybridized carbons (Fsp3) is 0.600. The predicted molar refractivity (Wildman–Crippen MR) is 109 cm³/mol. The Hall–Kier alpha value is -2.08. The van der Waals surface area contributed by atoms with E-state index in [-0.39, 0.29) is 12.5 Å². The van der Waals surface area contributed by atoms with Crippen LogP contribution in [0.3, 0.4) is 0 Å². The van der Waals surface area contributed by atoms with Crippen LogP contribution in [-0.4, -0.2) is 62.1 Å². The maximum absolute atomic E-state index is 11.9. The molecule has 0 heterocycles. The van der Waals surface area contributed by atoms with Gasteiger partial charge in [0.2, 0.25) is 5.91 Å². The van der Waals surface area contributed by atoms with Crippen molar-refractivity contribution in [1.29, 1.82) is 0 Å². The summed E-state index contributed by atoms with van der Waals surface area (Å²) in [5.74, 6) is 0.616. The van der Waals surface area contributed by atoms with Gasteiger partial charge in [-0.05, 0) is 39.7 Å². The third-order valence-corrected chi connectivity index (χ3v) is 4.21. The van der Waals surface area contributed by atoms with Gasteiger partial charge in [0.05, 0.1) is 6.54 Å². The third kappa shape index (κ3) is 8.85. The Labute approximate surface area is 158 Å². The number of rotatable bonds is 10. The first-order valence-corrected chi connectivity index (χ1v) is 9.45. The van der Waals surface area contributed by atoms with Gasteiger partial charge in [-0.1, -0.05) is 30.3 Å². The second-order valence-electron chi connectivity index (χ2n) is 6.86. The first kappa shape index (κ1) is 22.0. The largest absolute Gasteiger partial charge is 0.355 e. The number of aliphatic imine (C=N–C) groups is 1. The zero-order valence-corrected chi connectivity index (χ0v) is 16.9. The van der Waals surface area contributed by atoms with Crippen LogP contribution >= 0.6 is 0 Å². The Kier molecular flexibility index (Phi) is 10.4. The van der Waals surface area contributed by atoms with Gasteiger partial charge in [-0.3, -0.25) is 14.7 Å². The third-order valence-electron chi connectivity index (χ3n) is 4.21. The maximum Gasteiger partial charge on any atom is 0.239 e. The molecule has 6 heteroatoms. The van der Waals surface area contributed by atoms with Crippen molar-refractivity contribution in [3.8, 4) is 0 Å². The molecule has 0 atom stereocenters. The highest BCUT2D eigenvalue weighted by Gasteiger charge is 2.12. The molecule has 0 aliphatic rings. The molecule has 0 aliphatic heterocycles. The number of carbonyl (C=O) groups excluding carboxylic acids is 1. The molecule has 0 aromatic heterocycles. The van der Waals surface area contributed by atoms with E-state index in [0.717, 1.165) is 19.5 Å². The Balaban J connectivity index is 2.23. The SMILES string of the molecule is CN=C(NCCN(C(C)C)C(C)C)NCC(=O)NCCc1ccccc1. The Morgan fingerprint density at radius 3 is 2.23 bits per heavy atom. The lowest BCUT2D eigenvalue weighted by Crippen LogP contribution is -2.47. The molecule has 1 rings (SSSR count). The number of benzene rings is 1. The fourth-order valence-electron chi connectivity index (χ4n) is 2.85. The van der Waals surface area contributed by atoms with Gasteiger partial charge >= 0.3 is 0 Å². The Morgan fingerprint density at radius 2 is 1.65 bits per heavy atom. The number of amides is 1. The van der Waals surface area contributed by atoms with Crippen LogP contribution in [0.2, 0.25) is 0 Å². The second kappa shape index (κ2) is 12.3. The van der Waals surface area contributed by atoms with E-state index in [2.05, 4.69) is 65.7 Å². The van der Waals surface area contributed by atoms with Gasteiger partial charge in [0, 0.05) is 38.8 Å². The first-order valence-electron chi connectivity index (χ1n) is 9.45. The highest BCUT2D eigenvalue weighted by molar-refractivity contribution is 5.86. The van der Waals surface area contributed by atoms with Crippen LogP contribution in [0.4, 0.5) is 0 Å². The van der Waals surface area contributed by atoms with Gasteiger partial charge in [-0.15, -0.1) is 0 Å². The standard InChI is InChI=1S/C20H35N5O/c1-16(2)25(17(3)4)14-13-23-20(21-5)24-15-19(26)22-12-11-18-9-7-6-8-10-18/h6-10,16-17H,11-15H2,1-5H3,(H,22,26)(H2,21,23,24). The lowest BCUT2D eigenvalue weighted by atomic mass is 10.1. The Bertz CT molecular complexity index is 534. The summed E-state index contributed by atoms with van der Waals surface area (Å²) in [7, 11) is 1.71. The monoisotopic (exact) mass is 361 g/mol. The van der Waals surface area contributed by atoms with Crippen molar-refractivity contribution < 1.29 is 4.79 Å². The van der Waals surface area contributed by atoms with E-state index >= 15 is 0 Å². The summed E-state index contributed by atoms with van der Waals surface area (Å²) in [6, 6.07) is 11.1. The topological polar surface area (TPSA) is 68.8 Å². The minimum absolute atomic E-state index is 0.0325. The Morgan fingerprint density at radius 1 is 1.00 bits per heavy atom. The minimum Gasteiger partial charge on any atom is -0.355 e. The molecule has 1 aromatic rings. The van der Waals surface area contributed by atoms with E-state index in [0.29, 0.717) is 24.6 Å². The van der Waals surface area contributed by atoms with E-state index < -0.39 is 0 Å². The molecular weight excluding hydrogens is 326 g/mol. The molecule has 1 aromatic carbocycles. The second-order valence-corrected chi connectivity index (χ2v) is 6.86. The average molecular weight is 362 g/mol. The average Bonchev–Trinajstić information content (AvgIpc) is 2.61. The van der Waals surface area contributed by atoms with Crippen molar-refractivity contribution in [2.75, 3.05) is 33.2 Å². The van der Waals surface area contributed by atoms with Crippen molar-refractivity contribution in [2.24, 2.45) is 4.99 Å². The van der Waals surface area contributed by atoms with E-state index in [1.807, 2.05) is 18.2 Å². The summed E-state index contributed by atoms with van der Waals surface area (Å²) >= 11 is 0. The number of guanidine groups is 1. The summed E-state index contributed by atoms with van der Waals surface area (Å²) in [6.45, 7) is 11.4. The minimum atomic E-state index is -0.0325. The van der Waals surface area contributed by atoms with Crippen LogP contribution in [-0.2, 0) is 11.2 Å². The van der Waals surface area contributed by atoms with Crippen LogP contribution in [0, 0.1) is 0 Å². The lowest BCUT2D eigenvalue weighted by molar-refractivity contribution is -0.119. The van der Waals surface area contributed by atoms with Gasteiger partial charge in [0.25, 0.3) is 0 Å². The molecule has 0 unspecified atom stereocenters. The molecule has 0 aliphatic carbocycles. The number of hydrogen-bond donors (Lipinski definition) is 3. The molecular formula is C20H35N5O. The number of hydrogen-bond acceptors (Lipinski definition) is 3. The van der Waals surface area contributed by atoms with Gasteiger partial charge in [0.1, 0.15) is 0 Å². The fourth-order valence-corrected chi connectivity index (χ4v) is 2.85. The summed E-state index contributed by atoms with van der Waals surface area (Å²) in [5.41, 5.74) is 1.22. The zero-order valence-electron chi connectivity index (χ0n) is 16.9. The molecule has 6 nitrogen and oxygen atoms in total. The lowest BCUT2D eigenvalue weighted by Gasteiger charge is -2.30. The summed E-state index contributed by atoms with van der Waals surface area (Å²) in [6.07, 6.45) is 0.833. The van der Waals surface area contributed by atoms with E-state index in [1.165, 1.54) is 5.56 Å². The van der Waals surface area contributed by atoms with E-state index in [9.17, 15) is 4.79 Å². The smallest absolute Gasteiger partial charge is 0.239 e. The normalized spacial score (nSPS) is 11.9. The molecule has 0 fully saturated rings. The molecule has 0 radical (unpaired) electrons. The molecule has 1 amide bonds. The van der Waals surface area contributed by atoms with Crippen molar-refractivity contribution >= 4 is 11.9 Å². The first-order chi connectivity index (χ1) is 12.4. The molecule has 146 valence electrons. The van der Waals surface area contributed by atoms with Crippen LogP contribution in [0.5, 0.6) is 0 Å². The van der Waals surface area contributed by atoms with Crippen LogP contribution in [0.15, 0.2) is 35.3 Å². The number of carbonyl (C=O) groups is 1. The highest BCUT2D eigenvalue weighted by atomic mass is 16.1. The van der Waals surface area contributed by atoms with Crippen LogP contribution in [0.1, 0.15) is 33.3 Å². The number of nitrogens with zero attached hydrogens (tertiary/aromatic N) is 2. The van der Waals surface area contributed by atoms with Crippen molar-refractivity contribution in [1.82, 2.24) is 20.9 Å². The molecule has 0 bridgehead atoms. The van der Waals surface area contributed by atoms with E-state index in [4.69, 9.17) is 0 Å². The zero-order chi connectivity index (χ0) is 19.4. The van der Waals surface area contributed by atoms with Crippen molar-refractivity contribution in [3.63, 3.8) is 0 Å². The van der Waals surface area contributed by atoms with Crippen molar-refractivity contribution in [3.05, 3.63) is 35.9 Å². The molecule has 3 N–H and O–H groups in total. The molecule has 0 saturated heterocycles. The highest BCUT2D eigenvalue weighted by Crippen LogP contribution is 2.03. The van der Waals surface area contributed by atoms with Gasteiger partial charge in [0.15, 0.2) is 5.96 Å².